The quantitative estimate of drug-likeness (QED) is 0.640. The lowest BCUT2D eigenvalue weighted by atomic mass is 9.96. The molecule has 0 aromatic heterocycles. The number of aldehydes is 2. The van der Waals surface area contributed by atoms with Crippen molar-refractivity contribution in [1.29, 1.82) is 0 Å². The molecule has 0 spiro atoms. The van der Waals surface area contributed by atoms with Crippen LogP contribution in [0.25, 0.3) is 21.9 Å². The molecule has 0 saturated carbocycles. The molecule has 0 heterocycles. The minimum absolute atomic E-state index is 0.117. The van der Waals surface area contributed by atoms with Gasteiger partial charge < -0.3 is 4.90 Å². The van der Waals surface area contributed by atoms with Gasteiger partial charge in [-0.05, 0) is 34.5 Å². The number of carbonyl (C=O) groups is 3. The van der Waals surface area contributed by atoms with Crippen LogP contribution in [-0.4, -0.2) is 37.5 Å². The lowest BCUT2D eigenvalue weighted by Gasteiger charge is -2.12. The lowest BCUT2D eigenvalue weighted by molar-refractivity contribution is 0.0827. The topological polar surface area (TPSA) is 54.5 Å². The zero-order valence-corrected chi connectivity index (χ0v) is 15.1. The highest BCUT2D eigenvalue weighted by atomic mass is 35.5. The van der Waals surface area contributed by atoms with Crippen LogP contribution in [0.4, 0.5) is 0 Å². The predicted octanol–water partition coefficient (Wildman–Crippen LogP) is 4.49. The van der Waals surface area contributed by atoms with Crippen LogP contribution in [0.5, 0.6) is 0 Å². The van der Waals surface area contributed by atoms with Crippen molar-refractivity contribution in [2.75, 3.05) is 14.1 Å². The maximum absolute atomic E-state index is 12.1. The van der Waals surface area contributed by atoms with Crippen LogP contribution in [0.15, 0.2) is 48.5 Å². The fraction of sp³-hybridized carbons (Fsp3) is 0.0952. The van der Waals surface area contributed by atoms with Gasteiger partial charge in [-0.2, -0.15) is 0 Å². The van der Waals surface area contributed by atoms with Crippen molar-refractivity contribution in [3.63, 3.8) is 0 Å². The number of hydrogen-bond acceptors (Lipinski definition) is 3. The first-order chi connectivity index (χ1) is 12.5. The second-order valence-electron chi connectivity index (χ2n) is 6.13. The summed E-state index contributed by atoms with van der Waals surface area (Å²) in [5, 5.41) is 2.01. The molecular formula is C21H16ClNO3. The molecule has 1 amide bonds. The fourth-order valence-corrected chi connectivity index (χ4v) is 3.20. The number of benzene rings is 3. The van der Waals surface area contributed by atoms with Crippen LogP contribution in [0.3, 0.4) is 0 Å². The number of halogens is 1. The van der Waals surface area contributed by atoms with Gasteiger partial charge in [0.2, 0.25) is 0 Å². The maximum atomic E-state index is 12.1. The van der Waals surface area contributed by atoms with Crippen molar-refractivity contribution in [2.45, 2.75) is 0 Å². The molecule has 0 bridgehead atoms. The first-order valence-corrected chi connectivity index (χ1v) is 8.32. The molecule has 0 fully saturated rings. The van der Waals surface area contributed by atoms with Gasteiger partial charge in [-0.15, -0.1) is 0 Å². The number of nitrogens with zero attached hydrogens (tertiary/aromatic N) is 1. The van der Waals surface area contributed by atoms with E-state index in [1.807, 2.05) is 12.1 Å². The highest BCUT2D eigenvalue weighted by Crippen LogP contribution is 2.32. The van der Waals surface area contributed by atoms with Crippen LogP contribution >= 0.6 is 11.6 Å². The molecule has 0 aliphatic rings. The van der Waals surface area contributed by atoms with Crippen LogP contribution in [0.2, 0.25) is 5.02 Å². The Kier molecular flexibility index (Phi) is 4.87. The Balaban J connectivity index is 2.10. The van der Waals surface area contributed by atoms with Crippen molar-refractivity contribution in [2.24, 2.45) is 0 Å². The summed E-state index contributed by atoms with van der Waals surface area (Å²) in [6, 6.07) is 14.2. The predicted molar refractivity (Wildman–Crippen MR) is 103 cm³/mol. The molecular weight excluding hydrogens is 350 g/mol. The second-order valence-corrected chi connectivity index (χ2v) is 6.54. The van der Waals surface area contributed by atoms with Gasteiger partial charge >= 0.3 is 0 Å². The molecule has 0 N–H and O–H groups in total. The normalized spacial score (nSPS) is 10.6. The number of rotatable bonds is 4. The Bertz CT molecular complexity index is 1040. The van der Waals surface area contributed by atoms with E-state index in [0.29, 0.717) is 39.7 Å². The number of carbonyl (C=O) groups excluding carboxylic acids is 3. The summed E-state index contributed by atoms with van der Waals surface area (Å²) in [6.45, 7) is 0. The summed E-state index contributed by atoms with van der Waals surface area (Å²) in [5.41, 5.74) is 2.91. The van der Waals surface area contributed by atoms with E-state index in [0.717, 1.165) is 16.5 Å². The molecule has 0 atom stereocenters. The van der Waals surface area contributed by atoms with Gasteiger partial charge in [0.15, 0.2) is 12.6 Å². The summed E-state index contributed by atoms with van der Waals surface area (Å²) in [7, 11) is 3.37. The summed E-state index contributed by atoms with van der Waals surface area (Å²) < 4.78 is 0. The van der Waals surface area contributed by atoms with Gasteiger partial charge in [-0.3, -0.25) is 14.4 Å². The van der Waals surface area contributed by atoms with Crippen molar-refractivity contribution >= 4 is 40.9 Å². The number of amides is 1. The Morgan fingerprint density at radius 1 is 0.962 bits per heavy atom. The van der Waals surface area contributed by atoms with E-state index in [9.17, 15) is 14.4 Å². The average molecular weight is 366 g/mol. The number of hydrogen-bond donors (Lipinski definition) is 0. The zero-order chi connectivity index (χ0) is 18.8. The van der Waals surface area contributed by atoms with E-state index in [2.05, 4.69) is 0 Å². The molecule has 3 aromatic carbocycles. The molecule has 3 aromatic rings. The van der Waals surface area contributed by atoms with E-state index in [-0.39, 0.29) is 5.91 Å². The average Bonchev–Trinajstić information content (AvgIpc) is 2.65. The molecule has 0 unspecified atom stereocenters. The van der Waals surface area contributed by atoms with Crippen molar-refractivity contribution in [3.8, 4) is 11.1 Å². The summed E-state index contributed by atoms with van der Waals surface area (Å²) >= 11 is 6.40. The zero-order valence-electron chi connectivity index (χ0n) is 14.3. The molecule has 0 aliphatic carbocycles. The van der Waals surface area contributed by atoms with Crippen LogP contribution in [-0.2, 0) is 0 Å². The first kappa shape index (κ1) is 17.8. The third kappa shape index (κ3) is 3.11. The number of fused-ring (bicyclic) bond motifs is 1. The summed E-state index contributed by atoms with van der Waals surface area (Å²) in [6.07, 6.45) is 1.37. The van der Waals surface area contributed by atoms with Gasteiger partial charge in [0.25, 0.3) is 5.91 Å². The third-order valence-corrected chi connectivity index (χ3v) is 4.59. The van der Waals surface area contributed by atoms with E-state index < -0.39 is 0 Å². The molecule has 130 valence electrons. The SMILES string of the molecule is CN(C)C(=O)c1ccc(-c2ccc3c(C=O)c(C=O)ccc3c2)c(Cl)c1. The minimum atomic E-state index is -0.117. The van der Waals surface area contributed by atoms with Gasteiger partial charge in [0.1, 0.15) is 0 Å². The first-order valence-electron chi connectivity index (χ1n) is 7.95. The third-order valence-electron chi connectivity index (χ3n) is 4.27. The molecule has 0 saturated heterocycles. The van der Waals surface area contributed by atoms with Gasteiger partial charge in [-0.25, -0.2) is 0 Å². The second kappa shape index (κ2) is 7.10. The van der Waals surface area contributed by atoms with Gasteiger partial charge in [0, 0.05) is 41.4 Å². The summed E-state index contributed by atoms with van der Waals surface area (Å²) in [5.74, 6) is -0.117. The highest BCUT2D eigenvalue weighted by molar-refractivity contribution is 6.33. The van der Waals surface area contributed by atoms with Crippen LogP contribution < -0.4 is 0 Å². The largest absolute Gasteiger partial charge is 0.345 e. The molecule has 4 nitrogen and oxygen atoms in total. The van der Waals surface area contributed by atoms with Gasteiger partial charge in [-0.1, -0.05) is 41.9 Å². The standard InChI is InChI=1S/C21H16ClNO3/c1-23(2)21(26)15-6-8-18(20(22)10-15)14-5-7-17-13(9-14)3-4-16(11-24)19(17)12-25/h3-12H,1-2H3. The monoisotopic (exact) mass is 365 g/mol. The van der Waals surface area contributed by atoms with Gasteiger partial charge in [0.05, 0.1) is 0 Å². The molecule has 26 heavy (non-hydrogen) atoms. The van der Waals surface area contributed by atoms with E-state index in [1.165, 1.54) is 4.90 Å². The fourth-order valence-electron chi connectivity index (χ4n) is 2.91. The Morgan fingerprint density at radius 3 is 2.35 bits per heavy atom. The minimum Gasteiger partial charge on any atom is -0.345 e. The molecule has 5 heteroatoms. The summed E-state index contributed by atoms with van der Waals surface area (Å²) in [4.78, 5) is 36.0. The maximum Gasteiger partial charge on any atom is 0.253 e. The Morgan fingerprint density at radius 2 is 1.73 bits per heavy atom. The lowest BCUT2D eigenvalue weighted by Crippen LogP contribution is -2.21. The van der Waals surface area contributed by atoms with Crippen molar-refractivity contribution in [3.05, 3.63) is 70.2 Å². The smallest absolute Gasteiger partial charge is 0.253 e. The molecule has 0 radical (unpaired) electrons. The van der Waals surface area contributed by atoms with Crippen LogP contribution in [0, 0.1) is 0 Å². The highest BCUT2D eigenvalue weighted by Gasteiger charge is 2.13. The Labute approximate surface area is 156 Å². The van der Waals surface area contributed by atoms with E-state index in [4.69, 9.17) is 11.6 Å². The van der Waals surface area contributed by atoms with E-state index >= 15 is 0 Å². The van der Waals surface area contributed by atoms with Crippen molar-refractivity contribution < 1.29 is 14.4 Å². The molecule has 3 rings (SSSR count). The Hall–Kier alpha value is -2.98. The molecule has 0 aliphatic heterocycles. The van der Waals surface area contributed by atoms with Crippen molar-refractivity contribution in [1.82, 2.24) is 4.90 Å². The van der Waals surface area contributed by atoms with Crippen LogP contribution in [0.1, 0.15) is 31.1 Å². The van der Waals surface area contributed by atoms with E-state index in [1.54, 1.807) is 50.5 Å².